The molecule has 0 bridgehead atoms. The van der Waals surface area contributed by atoms with Gasteiger partial charge in [-0.3, -0.25) is 5.10 Å². The molecule has 0 saturated heterocycles. The van der Waals surface area contributed by atoms with Gasteiger partial charge in [-0.1, -0.05) is 18.2 Å². The van der Waals surface area contributed by atoms with Gasteiger partial charge in [0.1, 0.15) is 18.1 Å². The van der Waals surface area contributed by atoms with Crippen molar-refractivity contribution in [3.05, 3.63) is 60.4 Å². The maximum absolute atomic E-state index is 12.8. The van der Waals surface area contributed by atoms with E-state index in [0.29, 0.717) is 31.2 Å². The van der Waals surface area contributed by atoms with Crippen molar-refractivity contribution in [1.82, 2.24) is 15.1 Å². The summed E-state index contributed by atoms with van der Waals surface area (Å²) in [6.45, 7) is 1.25. The zero-order valence-electron chi connectivity index (χ0n) is 17.3. The fourth-order valence-corrected chi connectivity index (χ4v) is 2.90. The van der Waals surface area contributed by atoms with E-state index in [0.717, 1.165) is 22.4 Å². The van der Waals surface area contributed by atoms with E-state index in [1.165, 1.54) is 0 Å². The molecule has 3 aromatic rings. The average molecular weight is 410 g/mol. The molecule has 0 aliphatic rings. The van der Waals surface area contributed by atoms with Crippen molar-refractivity contribution in [2.75, 3.05) is 39.8 Å². The maximum Gasteiger partial charge on any atom is 0.321 e. The lowest BCUT2D eigenvalue weighted by molar-refractivity contribution is 0.146. The van der Waals surface area contributed by atoms with Gasteiger partial charge in [0.05, 0.1) is 25.6 Å². The van der Waals surface area contributed by atoms with Gasteiger partial charge in [0.25, 0.3) is 0 Å². The molecule has 0 fully saturated rings. The number of benzene rings is 2. The van der Waals surface area contributed by atoms with Crippen LogP contribution in [0.5, 0.6) is 11.5 Å². The minimum absolute atomic E-state index is 0.245. The van der Waals surface area contributed by atoms with Crippen molar-refractivity contribution in [2.45, 2.75) is 6.54 Å². The molecule has 0 unspecified atom stereocenters. The SMILES string of the molecule is COCCOc1cc(-c2cn[nH]c2)ccc1NC(=O)N(C)Cc1cccc(OC)c1. The summed E-state index contributed by atoms with van der Waals surface area (Å²) in [6.07, 6.45) is 3.53. The lowest BCUT2D eigenvalue weighted by Gasteiger charge is -2.20. The zero-order chi connectivity index (χ0) is 21.3. The van der Waals surface area contributed by atoms with Crippen LogP contribution in [0, 0.1) is 0 Å². The number of rotatable bonds is 9. The number of aromatic amines is 1. The quantitative estimate of drug-likeness (QED) is 0.524. The van der Waals surface area contributed by atoms with Crippen molar-refractivity contribution in [1.29, 1.82) is 0 Å². The largest absolute Gasteiger partial charge is 0.497 e. The van der Waals surface area contributed by atoms with Gasteiger partial charge >= 0.3 is 6.03 Å². The summed E-state index contributed by atoms with van der Waals surface area (Å²) in [4.78, 5) is 14.4. The van der Waals surface area contributed by atoms with Crippen LogP contribution in [0.4, 0.5) is 10.5 Å². The molecule has 1 aromatic heterocycles. The first-order chi connectivity index (χ1) is 14.6. The normalized spacial score (nSPS) is 10.5. The number of hydrogen-bond donors (Lipinski definition) is 2. The summed E-state index contributed by atoms with van der Waals surface area (Å²) >= 11 is 0. The molecule has 0 saturated carbocycles. The number of ether oxygens (including phenoxy) is 3. The summed E-state index contributed by atoms with van der Waals surface area (Å²) in [5, 5.41) is 9.70. The number of methoxy groups -OCH3 is 2. The third kappa shape index (κ3) is 5.51. The average Bonchev–Trinajstić information content (AvgIpc) is 3.30. The highest BCUT2D eigenvalue weighted by Crippen LogP contribution is 2.31. The fourth-order valence-electron chi connectivity index (χ4n) is 2.90. The predicted molar refractivity (Wildman–Crippen MR) is 115 cm³/mol. The Labute approximate surface area is 175 Å². The Kier molecular flexibility index (Phi) is 7.29. The van der Waals surface area contributed by atoms with E-state index < -0.39 is 0 Å². The Morgan fingerprint density at radius 2 is 2.00 bits per heavy atom. The molecule has 3 rings (SSSR count). The van der Waals surface area contributed by atoms with Gasteiger partial charge in [0.15, 0.2) is 0 Å². The molecule has 0 spiro atoms. The summed E-state index contributed by atoms with van der Waals surface area (Å²) in [6, 6.07) is 13.0. The highest BCUT2D eigenvalue weighted by molar-refractivity contribution is 5.91. The summed E-state index contributed by atoms with van der Waals surface area (Å²) in [7, 11) is 4.97. The van der Waals surface area contributed by atoms with Crippen LogP contribution in [0.15, 0.2) is 54.9 Å². The Hall–Kier alpha value is -3.52. The number of H-pyrrole nitrogens is 1. The van der Waals surface area contributed by atoms with Gasteiger partial charge in [0, 0.05) is 32.5 Å². The fraction of sp³-hybridized carbons (Fsp3) is 0.273. The summed E-state index contributed by atoms with van der Waals surface area (Å²) in [5.74, 6) is 1.32. The van der Waals surface area contributed by atoms with Crippen molar-refractivity contribution in [2.24, 2.45) is 0 Å². The Balaban J connectivity index is 1.73. The molecule has 2 N–H and O–H groups in total. The molecular formula is C22H26N4O4. The monoisotopic (exact) mass is 410 g/mol. The highest BCUT2D eigenvalue weighted by Gasteiger charge is 2.14. The number of nitrogens with zero attached hydrogens (tertiary/aromatic N) is 2. The lowest BCUT2D eigenvalue weighted by Crippen LogP contribution is -2.31. The second kappa shape index (κ2) is 10.3. The third-order valence-electron chi connectivity index (χ3n) is 4.50. The molecule has 158 valence electrons. The van der Waals surface area contributed by atoms with Crippen LogP contribution in [-0.4, -0.2) is 55.6 Å². The number of nitrogens with one attached hydrogen (secondary N) is 2. The standard InChI is InChI=1S/C22H26N4O4/c1-26(15-16-5-4-6-19(11-16)29-3)22(27)25-20-8-7-17(18-13-23-24-14-18)12-21(20)30-10-9-28-2/h4-8,11-14H,9-10,15H2,1-3H3,(H,23,24)(H,25,27). The van der Waals surface area contributed by atoms with Crippen LogP contribution in [0.2, 0.25) is 0 Å². The van der Waals surface area contributed by atoms with Gasteiger partial charge < -0.3 is 24.4 Å². The molecule has 0 aliphatic carbocycles. The number of aromatic nitrogens is 2. The van der Waals surface area contributed by atoms with Crippen LogP contribution >= 0.6 is 0 Å². The highest BCUT2D eigenvalue weighted by atomic mass is 16.5. The van der Waals surface area contributed by atoms with Crippen molar-refractivity contribution in [3.63, 3.8) is 0 Å². The van der Waals surface area contributed by atoms with Gasteiger partial charge in [-0.15, -0.1) is 0 Å². The minimum atomic E-state index is -0.245. The van der Waals surface area contributed by atoms with Crippen LogP contribution < -0.4 is 14.8 Å². The van der Waals surface area contributed by atoms with E-state index in [-0.39, 0.29) is 6.03 Å². The van der Waals surface area contributed by atoms with E-state index in [9.17, 15) is 4.79 Å². The van der Waals surface area contributed by atoms with Crippen LogP contribution in [0.25, 0.3) is 11.1 Å². The molecule has 30 heavy (non-hydrogen) atoms. The summed E-state index contributed by atoms with van der Waals surface area (Å²) < 4.78 is 16.1. The predicted octanol–water partition coefficient (Wildman–Crippen LogP) is 3.77. The number of carbonyl (C=O) groups excluding carboxylic acids is 1. The Morgan fingerprint density at radius 3 is 2.73 bits per heavy atom. The first kappa shape index (κ1) is 21.2. The second-order valence-corrected chi connectivity index (χ2v) is 6.68. The van der Waals surface area contributed by atoms with E-state index in [1.807, 2.05) is 42.5 Å². The molecule has 2 amide bonds. The minimum Gasteiger partial charge on any atom is -0.497 e. The first-order valence-electron chi connectivity index (χ1n) is 9.50. The number of hydrogen-bond acceptors (Lipinski definition) is 5. The molecule has 8 nitrogen and oxygen atoms in total. The van der Waals surface area contributed by atoms with Crippen LogP contribution in [0.1, 0.15) is 5.56 Å². The van der Waals surface area contributed by atoms with Crippen molar-refractivity contribution < 1.29 is 19.0 Å². The summed E-state index contributed by atoms with van der Waals surface area (Å²) in [5.41, 5.74) is 3.42. The van der Waals surface area contributed by atoms with Gasteiger partial charge in [-0.05, 0) is 35.4 Å². The molecule has 1 heterocycles. The Morgan fingerprint density at radius 1 is 1.13 bits per heavy atom. The second-order valence-electron chi connectivity index (χ2n) is 6.68. The first-order valence-corrected chi connectivity index (χ1v) is 9.50. The van der Waals surface area contributed by atoms with E-state index in [4.69, 9.17) is 14.2 Å². The Bertz CT molecular complexity index is 960. The third-order valence-corrected chi connectivity index (χ3v) is 4.50. The molecule has 2 aromatic carbocycles. The van der Waals surface area contributed by atoms with Crippen LogP contribution in [0.3, 0.4) is 0 Å². The number of urea groups is 1. The topological polar surface area (TPSA) is 88.7 Å². The maximum atomic E-state index is 12.8. The van der Waals surface area contributed by atoms with E-state index in [2.05, 4.69) is 15.5 Å². The van der Waals surface area contributed by atoms with Crippen LogP contribution in [-0.2, 0) is 11.3 Å². The van der Waals surface area contributed by atoms with Gasteiger partial charge in [-0.2, -0.15) is 5.10 Å². The molecule has 0 radical (unpaired) electrons. The number of carbonyl (C=O) groups is 1. The van der Waals surface area contributed by atoms with Gasteiger partial charge in [0.2, 0.25) is 0 Å². The van der Waals surface area contributed by atoms with E-state index in [1.54, 1.807) is 38.6 Å². The molecule has 0 aliphatic heterocycles. The smallest absolute Gasteiger partial charge is 0.321 e. The van der Waals surface area contributed by atoms with E-state index >= 15 is 0 Å². The zero-order valence-corrected chi connectivity index (χ0v) is 17.3. The lowest BCUT2D eigenvalue weighted by atomic mass is 10.1. The van der Waals surface area contributed by atoms with Gasteiger partial charge in [-0.25, -0.2) is 4.79 Å². The molecular weight excluding hydrogens is 384 g/mol. The van der Waals surface area contributed by atoms with Crippen molar-refractivity contribution >= 4 is 11.7 Å². The number of anilines is 1. The molecule has 8 heteroatoms. The number of amides is 2. The van der Waals surface area contributed by atoms with Crippen molar-refractivity contribution in [3.8, 4) is 22.6 Å². The molecule has 0 atom stereocenters.